The molecule has 0 fully saturated rings. The maximum absolute atomic E-state index is 12.4. The summed E-state index contributed by atoms with van der Waals surface area (Å²) in [7, 11) is 0. The van der Waals surface area contributed by atoms with Crippen molar-refractivity contribution < 1.29 is 9.53 Å². The van der Waals surface area contributed by atoms with Crippen molar-refractivity contribution in [1.29, 1.82) is 0 Å². The zero-order valence-electron chi connectivity index (χ0n) is 16.6. The van der Waals surface area contributed by atoms with Crippen LogP contribution in [0.5, 0.6) is 5.75 Å². The Bertz CT molecular complexity index is 918. The minimum atomic E-state index is -0.0267. The zero-order valence-corrected chi connectivity index (χ0v) is 17.4. The number of ether oxygens (including phenoxy) is 1. The Hall–Kier alpha value is -2.66. The van der Waals surface area contributed by atoms with Crippen LogP contribution >= 0.6 is 11.3 Å². The third-order valence-electron chi connectivity index (χ3n) is 4.56. The van der Waals surface area contributed by atoms with E-state index in [0.717, 1.165) is 34.0 Å². The van der Waals surface area contributed by atoms with Crippen LogP contribution < -0.4 is 10.1 Å². The first kappa shape index (κ1) is 20.1. The molecule has 0 bridgehead atoms. The summed E-state index contributed by atoms with van der Waals surface area (Å²) < 4.78 is 5.78. The Morgan fingerprint density at radius 1 is 1.21 bits per heavy atom. The van der Waals surface area contributed by atoms with E-state index in [1.165, 1.54) is 16.9 Å². The van der Waals surface area contributed by atoms with Crippen LogP contribution in [0.3, 0.4) is 0 Å². The number of hydrogen-bond acceptors (Lipinski definition) is 4. The predicted octanol–water partition coefficient (Wildman–Crippen LogP) is 5.01. The molecule has 2 aromatic carbocycles. The van der Waals surface area contributed by atoms with Gasteiger partial charge in [-0.05, 0) is 49.1 Å². The van der Waals surface area contributed by atoms with Crippen molar-refractivity contribution in [1.82, 2.24) is 10.3 Å². The topological polar surface area (TPSA) is 51.2 Å². The maximum atomic E-state index is 12.4. The first-order valence-corrected chi connectivity index (χ1v) is 10.4. The molecule has 1 atom stereocenters. The third kappa shape index (κ3) is 5.67. The van der Waals surface area contributed by atoms with Gasteiger partial charge in [-0.1, -0.05) is 43.3 Å². The minimum Gasteiger partial charge on any atom is -0.486 e. The second kappa shape index (κ2) is 9.51. The Morgan fingerprint density at radius 2 is 2.00 bits per heavy atom. The second-order valence-corrected chi connectivity index (χ2v) is 7.84. The third-order valence-corrected chi connectivity index (χ3v) is 5.43. The molecule has 0 spiro atoms. The lowest BCUT2D eigenvalue weighted by molar-refractivity contribution is -0.121. The lowest BCUT2D eigenvalue weighted by atomic mass is 10.0. The molecule has 1 unspecified atom stereocenters. The standard InChI is InChI=1S/C23H26N2O2S/c1-4-18-8-10-19(11-9-18)17(3)24-22(26)13-20-15-28-23(25-20)14-27-21-7-5-6-16(2)12-21/h5-12,15,17H,4,13-14H2,1-3H3,(H,24,26). The van der Waals surface area contributed by atoms with Crippen LogP contribution in [0.1, 0.15) is 47.3 Å². The van der Waals surface area contributed by atoms with Crippen LogP contribution in [-0.2, 0) is 24.2 Å². The van der Waals surface area contributed by atoms with Gasteiger partial charge in [-0.2, -0.15) is 0 Å². The van der Waals surface area contributed by atoms with Gasteiger partial charge in [0.2, 0.25) is 5.91 Å². The van der Waals surface area contributed by atoms with Gasteiger partial charge in [0.1, 0.15) is 17.4 Å². The summed E-state index contributed by atoms with van der Waals surface area (Å²) >= 11 is 1.52. The number of carbonyl (C=O) groups excluding carboxylic acids is 1. The van der Waals surface area contributed by atoms with Gasteiger partial charge < -0.3 is 10.1 Å². The molecule has 0 saturated carbocycles. The van der Waals surface area contributed by atoms with Crippen LogP contribution in [0.25, 0.3) is 0 Å². The summed E-state index contributed by atoms with van der Waals surface area (Å²) in [4.78, 5) is 16.9. The van der Waals surface area contributed by atoms with E-state index in [-0.39, 0.29) is 18.4 Å². The molecule has 0 aliphatic carbocycles. The van der Waals surface area contributed by atoms with Crippen LogP contribution in [0.4, 0.5) is 0 Å². The SMILES string of the molecule is CCc1ccc(C(C)NC(=O)Cc2csc(COc3cccc(C)c3)n2)cc1. The first-order chi connectivity index (χ1) is 13.5. The van der Waals surface area contributed by atoms with Gasteiger partial charge in [-0.3, -0.25) is 4.79 Å². The zero-order chi connectivity index (χ0) is 19.9. The lowest BCUT2D eigenvalue weighted by Gasteiger charge is -2.14. The second-order valence-electron chi connectivity index (χ2n) is 6.90. The molecular weight excluding hydrogens is 368 g/mol. The molecule has 1 N–H and O–H groups in total. The number of nitrogens with one attached hydrogen (secondary N) is 1. The van der Waals surface area contributed by atoms with Gasteiger partial charge in [0.05, 0.1) is 18.2 Å². The summed E-state index contributed by atoms with van der Waals surface area (Å²) in [5, 5.41) is 5.84. The van der Waals surface area contributed by atoms with Gasteiger partial charge in [-0.15, -0.1) is 11.3 Å². The molecule has 146 valence electrons. The van der Waals surface area contributed by atoms with Crippen molar-refractivity contribution in [3.63, 3.8) is 0 Å². The monoisotopic (exact) mass is 394 g/mol. The number of aromatic nitrogens is 1. The molecule has 0 saturated heterocycles. The molecule has 4 nitrogen and oxygen atoms in total. The quantitative estimate of drug-likeness (QED) is 0.584. The highest BCUT2D eigenvalue weighted by Gasteiger charge is 2.12. The van der Waals surface area contributed by atoms with Gasteiger partial charge >= 0.3 is 0 Å². The van der Waals surface area contributed by atoms with E-state index >= 15 is 0 Å². The van der Waals surface area contributed by atoms with E-state index in [1.54, 1.807) is 0 Å². The fourth-order valence-electron chi connectivity index (χ4n) is 2.93. The number of thiazole rings is 1. The van der Waals surface area contributed by atoms with Gasteiger partial charge in [0.25, 0.3) is 0 Å². The van der Waals surface area contributed by atoms with E-state index in [4.69, 9.17) is 4.74 Å². The van der Waals surface area contributed by atoms with E-state index in [9.17, 15) is 4.79 Å². The predicted molar refractivity (Wildman–Crippen MR) is 114 cm³/mol. The summed E-state index contributed by atoms with van der Waals surface area (Å²) in [6.45, 7) is 6.58. The molecule has 1 aromatic heterocycles. The number of rotatable bonds is 8. The highest BCUT2D eigenvalue weighted by Crippen LogP contribution is 2.18. The lowest BCUT2D eigenvalue weighted by Crippen LogP contribution is -2.28. The average Bonchev–Trinajstić information content (AvgIpc) is 3.13. The number of benzene rings is 2. The first-order valence-electron chi connectivity index (χ1n) is 9.54. The number of aryl methyl sites for hydroxylation is 2. The van der Waals surface area contributed by atoms with E-state index in [1.807, 2.05) is 43.5 Å². The largest absolute Gasteiger partial charge is 0.486 e. The number of amides is 1. The summed E-state index contributed by atoms with van der Waals surface area (Å²) in [5.41, 5.74) is 4.34. The van der Waals surface area contributed by atoms with E-state index in [0.29, 0.717) is 6.61 Å². The van der Waals surface area contributed by atoms with E-state index < -0.39 is 0 Å². The van der Waals surface area contributed by atoms with Crippen molar-refractivity contribution >= 4 is 17.2 Å². The van der Waals surface area contributed by atoms with Crippen molar-refractivity contribution in [2.75, 3.05) is 0 Å². The fraction of sp³-hybridized carbons (Fsp3) is 0.304. The van der Waals surface area contributed by atoms with E-state index in [2.05, 4.69) is 41.5 Å². The smallest absolute Gasteiger partial charge is 0.226 e. The Morgan fingerprint density at radius 3 is 2.71 bits per heavy atom. The molecule has 1 heterocycles. The highest BCUT2D eigenvalue weighted by atomic mass is 32.1. The molecule has 5 heteroatoms. The van der Waals surface area contributed by atoms with Gasteiger partial charge in [0.15, 0.2) is 0 Å². The normalized spacial score (nSPS) is 11.8. The van der Waals surface area contributed by atoms with Crippen LogP contribution in [-0.4, -0.2) is 10.9 Å². The Kier molecular flexibility index (Phi) is 6.82. The van der Waals surface area contributed by atoms with Crippen molar-refractivity contribution in [2.24, 2.45) is 0 Å². The maximum Gasteiger partial charge on any atom is 0.226 e. The fourth-order valence-corrected chi connectivity index (χ4v) is 3.63. The van der Waals surface area contributed by atoms with Gasteiger partial charge in [-0.25, -0.2) is 4.98 Å². The average molecular weight is 395 g/mol. The molecule has 1 amide bonds. The molecule has 3 aromatic rings. The van der Waals surface area contributed by atoms with Crippen LogP contribution in [0.2, 0.25) is 0 Å². The van der Waals surface area contributed by atoms with Crippen LogP contribution in [0, 0.1) is 6.92 Å². The number of carbonyl (C=O) groups is 1. The molecule has 28 heavy (non-hydrogen) atoms. The minimum absolute atomic E-state index is 0.0245. The molecule has 0 aliphatic rings. The Labute approximate surface area is 170 Å². The summed E-state index contributed by atoms with van der Waals surface area (Å²) in [6, 6.07) is 16.3. The summed E-state index contributed by atoms with van der Waals surface area (Å²) in [6.07, 6.45) is 1.29. The molecule has 3 rings (SSSR count). The number of nitrogens with zero attached hydrogens (tertiary/aromatic N) is 1. The molecular formula is C23H26N2O2S. The van der Waals surface area contributed by atoms with Crippen molar-refractivity contribution in [3.8, 4) is 5.75 Å². The Balaban J connectivity index is 1.50. The highest BCUT2D eigenvalue weighted by molar-refractivity contribution is 7.09. The number of hydrogen-bond donors (Lipinski definition) is 1. The van der Waals surface area contributed by atoms with Crippen LogP contribution in [0.15, 0.2) is 53.9 Å². The summed E-state index contributed by atoms with van der Waals surface area (Å²) in [5.74, 6) is 0.806. The van der Waals surface area contributed by atoms with Crippen molar-refractivity contribution in [2.45, 2.75) is 46.3 Å². The van der Waals surface area contributed by atoms with Crippen molar-refractivity contribution in [3.05, 3.63) is 81.3 Å². The molecule has 0 radical (unpaired) electrons. The van der Waals surface area contributed by atoms with Gasteiger partial charge in [0, 0.05) is 5.38 Å². The molecule has 0 aliphatic heterocycles.